The third-order valence-corrected chi connectivity index (χ3v) is 11.5. The number of ether oxygens (including phenoxy) is 10. The molecule has 29 heteroatoms. The summed E-state index contributed by atoms with van der Waals surface area (Å²) in [7, 11) is 0. The van der Waals surface area contributed by atoms with Crippen LogP contribution >= 0.6 is 0 Å². The third-order valence-electron chi connectivity index (χ3n) is 11.5. The van der Waals surface area contributed by atoms with Crippen LogP contribution in [0.4, 0.5) is 16.2 Å². The first kappa shape index (κ1) is 60.0. The average molecular weight is 1120 g/mol. The topological polar surface area (TPSA) is 389 Å². The number of urea groups is 1. The molecule has 0 aliphatic carbocycles. The molecule has 0 radical (unpaired) electrons. The van der Waals surface area contributed by atoms with Gasteiger partial charge in [-0.05, 0) is 49.2 Å². The minimum atomic E-state index is -1.81. The molecule has 4 N–H and O–H groups in total. The molecule has 2 aliphatic rings. The number of amides is 4. The second-order valence-corrected chi connectivity index (χ2v) is 18.1. The van der Waals surface area contributed by atoms with Gasteiger partial charge in [0.25, 0.3) is 11.8 Å². The van der Waals surface area contributed by atoms with E-state index in [0.717, 1.165) is 67.5 Å². The van der Waals surface area contributed by atoms with Crippen LogP contribution in [0.3, 0.4) is 0 Å². The highest BCUT2D eigenvalue weighted by Crippen LogP contribution is 2.32. The van der Waals surface area contributed by atoms with Gasteiger partial charge >= 0.3 is 53.8 Å². The Morgan fingerprint density at radius 3 is 1.07 bits per heavy atom. The maximum atomic E-state index is 14.1. The molecule has 2 aromatic carbocycles. The largest absolute Gasteiger partial charge is 0.463 e. The summed E-state index contributed by atoms with van der Waals surface area (Å²) < 4.78 is 66.0. The predicted octanol–water partition coefficient (Wildman–Crippen LogP) is 1.79. The number of carbonyl (C=O) groups is 11. The summed E-state index contributed by atoms with van der Waals surface area (Å²) in [4.78, 5) is 167. The Morgan fingerprint density at radius 2 is 0.762 bits per heavy atom. The van der Waals surface area contributed by atoms with Gasteiger partial charge in [0.15, 0.2) is 58.0 Å². The number of carbonyl (C=O) groups excluding carboxylic acids is 11. The van der Waals surface area contributed by atoms with Crippen molar-refractivity contribution in [3.63, 3.8) is 0 Å². The minimum Gasteiger partial charge on any atom is -0.463 e. The van der Waals surface area contributed by atoms with Crippen molar-refractivity contribution in [1.82, 2.24) is 10.6 Å². The van der Waals surface area contributed by atoms with Gasteiger partial charge < -0.3 is 77.5 Å². The van der Waals surface area contributed by atoms with Crippen LogP contribution in [-0.4, -0.2) is 140 Å². The summed E-state index contributed by atoms with van der Waals surface area (Å²) >= 11 is 0. The number of hydrogen-bond acceptors (Lipinski definition) is 25. The lowest BCUT2D eigenvalue weighted by Crippen LogP contribution is -2.67. The van der Waals surface area contributed by atoms with Crippen LogP contribution in [0.2, 0.25) is 0 Å². The first-order chi connectivity index (χ1) is 37.6. The van der Waals surface area contributed by atoms with Crippen LogP contribution in [-0.2, 0) is 85.7 Å². The number of anilines is 2. The molecule has 80 heavy (non-hydrogen) atoms. The molecule has 2 aliphatic heterocycles. The summed E-state index contributed by atoms with van der Waals surface area (Å²) in [6, 6.07) is 2.62. The molecule has 10 atom stereocenters. The fourth-order valence-electron chi connectivity index (χ4n) is 8.58. The molecule has 2 fully saturated rings. The Balaban J connectivity index is 1.33. The van der Waals surface area contributed by atoms with E-state index in [2.05, 4.69) is 21.3 Å². The van der Waals surface area contributed by atoms with Gasteiger partial charge in [0, 0.05) is 67.5 Å². The molecule has 2 aromatic heterocycles. The molecule has 2 saturated heterocycles. The summed E-state index contributed by atoms with van der Waals surface area (Å²) in [5.74, 6) is -11.1. The highest BCUT2D eigenvalue weighted by Gasteiger charge is 2.54. The van der Waals surface area contributed by atoms with Crippen molar-refractivity contribution >= 4 is 98.9 Å². The second-order valence-electron chi connectivity index (χ2n) is 18.1. The van der Waals surface area contributed by atoms with Gasteiger partial charge in [0.05, 0.1) is 22.1 Å². The zero-order valence-electron chi connectivity index (χ0n) is 44.4. The first-order valence-electron chi connectivity index (χ1n) is 24.1. The van der Waals surface area contributed by atoms with Crippen molar-refractivity contribution in [1.29, 1.82) is 0 Å². The van der Waals surface area contributed by atoms with Crippen molar-refractivity contribution in [3.8, 4) is 0 Å². The minimum absolute atomic E-state index is 0.145. The highest BCUT2D eigenvalue weighted by atomic mass is 16.7. The van der Waals surface area contributed by atoms with Crippen molar-refractivity contribution in [2.24, 2.45) is 0 Å². The molecule has 4 aromatic rings. The maximum absolute atomic E-state index is 14.1. The standard InChI is InChI=1S/C51H54N4O25/c1-19-11-29-33(64)15-35(47(66)54-39-45(73-25(7)60)43(71-23(5)58)37(17-69-21(3)56)79-49(39)75-27(9)62)77-41(29)31(13-19)52-51(68)53-32-14-20(2)12-30-34(65)16-36(78-42(30)32)48(67)55-40-46(74-26(8)61)44(72-24(6)59)38(18-70-22(4)57)80-50(40)76-28(10)63/h11-16,37-40,43-46,49-50H,17-18H2,1-10H3,(H,54,66)(H,55,67)(H2,52,53,68)/t37-,38-,39-,40-,43-,44-,45-,46-,49-,50-/m1/s1. The number of rotatable bonds is 16. The molecule has 4 heterocycles. The molecule has 0 bridgehead atoms. The normalized spacial score (nSPS) is 22.3. The Bertz CT molecular complexity index is 3080. The maximum Gasteiger partial charge on any atom is 0.323 e. The molecule has 6 rings (SSSR count). The Kier molecular flexibility index (Phi) is 19.1. The van der Waals surface area contributed by atoms with Gasteiger partial charge in [-0.25, -0.2) is 4.79 Å². The zero-order chi connectivity index (χ0) is 59.0. The molecular weight excluding hydrogens is 1070 g/mol. The van der Waals surface area contributed by atoms with E-state index in [1.807, 2.05) is 0 Å². The molecular formula is C51H54N4O25. The fourth-order valence-corrected chi connectivity index (χ4v) is 8.58. The lowest BCUT2D eigenvalue weighted by atomic mass is 9.96. The summed E-state index contributed by atoms with van der Waals surface area (Å²) in [6.45, 7) is 10.1. The van der Waals surface area contributed by atoms with Gasteiger partial charge in [-0.1, -0.05) is 0 Å². The number of esters is 8. The molecule has 0 unspecified atom stereocenters. The summed E-state index contributed by atoms with van der Waals surface area (Å²) in [5, 5.41) is 9.64. The molecule has 4 amide bonds. The molecule has 428 valence electrons. The fraction of sp³-hybridized carbons (Fsp3) is 0.431. The first-order valence-corrected chi connectivity index (χ1v) is 24.1. The van der Waals surface area contributed by atoms with Crippen molar-refractivity contribution < 1.29 is 109 Å². The lowest BCUT2D eigenvalue weighted by molar-refractivity contribution is -0.270. The van der Waals surface area contributed by atoms with Gasteiger partial charge in [0.2, 0.25) is 12.6 Å². The van der Waals surface area contributed by atoms with Crippen LogP contribution in [0.5, 0.6) is 0 Å². The van der Waals surface area contributed by atoms with Crippen LogP contribution in [0.15, 0.2) is 54.8 Å². The van der Waals surface area contributed by atoms with Crippen LogP contribution < -0.4 is 32.1 Å². The van der Waals surface area contributed by atoms with E-state index in [1.165, 1.54) is 24.3 Å². The van der Waals surface area contributed by atoms with Gasteiger partial charge in [-0.2, -0.15) is 0 Å². The monoisotopic (exact) mass is 1120 g/mol. The van der Waals surface area contributed by atoms with Crippen LogP contribution in [0, 0.1) is 13.8 Å². The molecule has 0 spiro atoms. The van der Waals surface area contributed by atoms with Crippen molar-refractivity contribution in [2.75, 3.05) is 23.8 Å². The van der Waals surface area contributed by atoms with E-state index in [4.69, 9.17) is 56.2 Å². The highest BCUT2D eigenvalue weighted by molar-refractivity contribution is 6.08. The molecule has 29 nitrogen and oxygen atoms in total. The number of nitrogens with one attached hydrogen (secondary N) is 4. The number of benzene rings is 2. The summed E-state index contributed by atoms with van der Waals surface area (Å²) in [6.07, 6.45) is -13.0. The van der Waals surface area contributed by atoms with E-state index in [1.54, 1.807) is 13.8 Å². The number of aryl methyl sites for hydroxylation is 2. The van der Waals surface area contributed by atoms with Crippen molar-refractivity contribution in [3.05, 3.63) is 79.5 Å². The van der Waals surface area contributed by atoms with Gasteiger partial charge in [-0.3, -0.25) is 57.5 Å². The average Bonchev–Trinajstić information content (AvgIpc) is 3.36. The predicted molar refractivity (Wildman–Crippen MR) is 266 cm³/mol. The summed E-state index contributed by atoms with van der Waals surface area (Å²) in [5.41, 5.74) is -1.95. The molecule has 0 saturated carbocycles. The number of fused-ring (bicyclic) bond motifs is 2. The number of hydrogen-bond donors (Lipinski definition) is 4. The zero-order valence-corrected chi connectivity index (χ0v) is 44.4. The van der Waals surface area contributed by atoms with Crippen LogP contribution in [0.25, 0.3) is 21.9 Å². The van der Waals surface area contributed by atoms with E-state index in [9.17, 15) is 62.3 Å². The Morgan fingerprint density at radius 1 is 0.438 bits per heavy atom. The van der Waals surface area contributed by atoms with Crippen molar-refractivity contribution in [2.45, 2.75) is 131 Å². The van der Waals surface area contributed by atoms with E-state index in [-0.39, 0.29) is 33.3 Å². The SMILES string of the molecule is CC(=O)OC[C@H]1O[C@@H](OC(C)=O)[C@H](NC(=O)c2cc(=O)c3cc(C)cc(NC(=O)Nc4cc(C)cc5c(=O)cc(C(=O)N[C@H]6[C@H](OC(C)=O)O[C@H](COC(C)=O)[C@@H](OC(C)=O)[C@@H]6OC(C)=O)oc45)c3o2)[C@@H](OC(C)=O)[C@@H]1OC(C)=O. The lowest BCUT2D eigenvalue weighted by Gasteiger charge is -2.44. The van der Waals surface area contributed by atoms with E-state index in [0.29, 0.717) is 11.1 Å². The Labute approximate surface area is 451 Å². The van der Waals surface area contributed by atoms with E-state index < -0.39 is 162 Å². The van der Waals surface area contributed by atoms with Gasteiger partial charge in [-0.15, -0.1) is 0 Å². The van der Waals surface area contributed by atoms with E-state index >= 15 is 0 Å². The quantitative estimate of drug-likeness (QED) is 0.0917. The Hall–Kier alpha value is -9.25. The third kappa shape index (κ3) is 15.1. The second kappa shape index (κ2) is 25.5. The van der Waals surface area contributed by atoms with Crippen LogP contribution in [0.1, 0.15) is 87.6 Å². The smallest absolute Gasteiger partial charge is 0.323 e. The van der Waals surface area contributed by atoms with Gasteiger partial charge in [0.1, 0.15) is 37.5 Å².